The number of piperazine rings is 1. The molecule has 1 aliphatic heterocycles. The van der Waals surface area contributed by atoms with Crippen LogP contribution in [0.5, 0.6) is 0 Å². The van der Waals surface area contributed by atoms with Crippen LogP contribution in [0.4, 0.5) is 5.69 Å². The van der Waals surface area contributed by atoms with Crippen molar-refractivity contribution in [3.05, 3.63) is 29.8 Å². The number of rotatable bonds is 2. The average molecular weight is 275 g/mol. The lowest BCUT2D eigenvalue weighted by Crippen LogP contribution is -2.53. The molecule has 0 spiro atoms. The van der Waals surface area contributed by atoms with Crippen LogP contribution < -0.4 is 10.0 Å². The maximum absolute atomic E-state index is 11.3. The minimum absolute atomic E-state index is 0.415. The molecule has 0 unspecified atom stereocenters. The van der Waals surface area contributed by atoms with Gasteiger partial charge in [0, 0.05) is 31.9 Å². The number of hydrogen-bond acceptors (Lipinski definition) is 4. The Bertz CT molecular complexity index is 488. The molecule has 0 aliphatic carbocycles. The first-order chi connectivity index (χ1) is 9.49. The largest absolute Gasteiger partial charge is 0.540 e. The molecule has 0 aromatic heterocycles. The van der Waals surface area contributed by atoms with Crippen LogP contribution >= 0.6 is 0 Å². The van der Waals surface area contributed by atoms with E-state index < -0.39 is 11.9 Å². The summed E-state index contributed by atoms with van der Waals surface area (Å²) in [6.07, 6.45) is 0. The van der Waals surface area contributed by atoms with Gasteiger partial charge in [-0.2, -0.15) is 0 Å². The van der Waals surface area contributed by atoms with Gasteiger partial charge in [0.05, 0.1) is 0 Å². The zero-order valence-corrected chi connectivity index (χ0v) is 11.8. The van der Waals surface area contributed by atoms with E-state index in [9.17, 15) is 14.7 Å². The van der Waals surface area contributed by atoms with Crippen LogP contribution in [0.25, 0.3) is 0 Å². The molecule has 0 radical (unpaired) electrons. The predicted molar refractivity (Wildman–Crippen MR) is 74.3 cm³/mol. The first kappa shape index (κ1) is 14.4. The van der Waals surface area contributed by atoms with Gasteiger partial charge in [0.25, 0.3) is 5.91 Å². The van der Waals surface area contributed by atoms with Crippen molar-refractivity contribution >= 4 is 17.6 Å². The number of carbonyl (C=O) groups excluding carboxylic acids is 2. The van der Waals surface area contributed by atoms with E-state index in [2.05, 4.69) is 43.0 Å². The lowest BCUT2D eigenvalue weighted by Gasteiger charge is -2.36. The van der Waals surface area contributed by atoms with Gasteiger partial charge in [-0.05, 0) is 23.6 Å². The molecule has 0 saturated carbocycles. The van der Waals surface area contributed by atoms with Crippen molar-refractivity contribution in [3.8, 4) is 0 Å². The Labute approximate surface area is 118 Å². The van der Waals surface area contributed by atoms with Crippen LogP contribution in [0.15, 0.2) is 24.3 Å². The van der Waals surface area contributed by atoms with Gasteiger partial charge >= 0.3 is 0 Å². The molecule has 0 bridgehead atoms. The van der Waals surface area contributed by atoms with Crippen molar-refractivity contribution in [2.24, 2.45) is 0 Å². The third-order valence-corrected chi connectivity index (χ3v) is 3.67. The lowest BCUT2D eigenvalue weighted by molar-refractivity contribution is -0.301. The summed E-state index contributed by atoms with van der Waals surface area (Å²) in [4.78, 5) is 25.3. The zero-order valence-electron chi connectivity index (χ0n) is 11.8. The number of carboxylic acid groups (broad SMARTS) is 1. The summed E-state index contributed by atoms with van der Waals surface area (Å²) in [5.41, 5.74) is 2.40. The van der Waals surface area contributed by atoms with Crippen LogP contribution in [-0.4, -0.2) is 43.0 Å². The SMILES string of the molecule is CC(C)c1ccc(N2CCN(C(=O)C(=O)[O-])CC2)cc1. The normalized spacial score (nSPS) is 15.6. The van der Waals surface area contributed by atoms with Crippen LogP contribution in [0.2, 0.25) is 0 Å². The molecule has 1 aromatic rings. The zero-order chi connectivity index (χ0) is 14.7. The fourth-order valence-electron chi connectivity index (χ4n) is 2.37. The van der Waals surface area contributed by atoms with E-state index in [1.807, 2.05) is 0 Å². The number of hydrogen-bond donors (Lipinski definition) is 0. The van der Waals surface area contributed by atoms with Gasteiger partial charge in [-0.25, -0.2) is 0 Å². The monoisotopic (exact) mass is 275 g/mol. The average Bonchev–Trinajstić information content (AvgIpc) is 2.46. The third kappa shape index (κ3) is 3.10. The summed E-state index contributed by atoms with van der Waals surface area (Å²) in [7, 11) is 0. The Morgan fingerprint density at radius 3 is 2.05 bits per heavy atom. The molecule has 1 saturated heterocycles. The minimum Gasteiger partial charge on any atom is -0.540 e. The molecule has 1 heterocycles. The van der Waals surface area contributed by atoms with Gasteiger partial charge in [-0.15, -0.1) is 0 Å². The van der Waals surface area contributed by atoms with Gasteiger partial charge in [0.15, 0.2) is 0 Å². The highest BCUT2D eigenvalue weighted by molar-refractivity contribution is 6.30. The summed E-state index contributed by atoms with van der Waals surface area (Å²) < 4.78 is 0. The van der Waals surface area contributed by atoms with Crippen molar-refractivity contribution in [2.75, 3.05) is 31.1 Å². The van der Waals surface area contributed by atoms with Crippen molar-refractivity contribution in [2.45, 2.75) is 19.8 Å². The first-order valence-electron chi connectivity index (χ1n) is 6.84. The molecule has 1 amide bonds. The molecule has 1 fully saturated rings. The van der Waals surface area contributed by atoms with Crippen molar-refractivity contribution in [1.82, 2.24) is 4.90 Å². The molecule has 1 aromatic carbocycles. The highest BCUT2D eigenvalue weighted by Gasteiger charge is 2.21. The Hall–Kier alpha value is -2.04. The van der Waals surface area contributed by atoms with E-state index in [0.717, 1.165) is 5.69 Å². The van der Waals surface area contributed by atoms with E-state index in [0.29, 0.717) is 32.1 Å². The summed E-state index contributed by atoms with van der Waals surface area (Å²) in [6.45, 7) is 6.41. The van der Waals surface area contributed by atoms with Gasteiger partial charge in [-0.3, -0.25) is 4.79 Å². The standard InChI is InChI=1S/C15H20N2O3/c1-11(2)12-3-5-13(6-4-12)16-7-9-17(10-8-16)14(18)15(19)20/h3-6,11H,7-10H2,1-2H3,(H,19,20)/p-1. The minimum atomic E-state index is -1.63. The highest BCUT2D eigenvalue weighted by atomic mass is 16.4. The van der Waals surface area contributed by atoms with Crippen LogP contribution in [0.1, 0.15) is 25.3 Å². The Balaban J connectivity index is 1.97. The Kier molecular flexibility index (Phi) is 4.27. The number of aliphatic carboxylic acids is 1. The lowest BCUT2D eigenvalue weighted by atomic mass is 10.0. The highest BCUT2D eigenvalue weighted by Crippen LogP contribution is 2.21. The number of amides is 1. The molecular formula is C15H19N2O3-. The number of carboxylic acids is 1. The quantitative estimate of drug-likeness (QED) is 0.724. The summed E-state index contributed by atoms with van der Waals surface area (Å²) >= 11 is 0. The van der Waals surface area contributed by atoms with E-state index in [1.165, 1.54) is 10.5 Å². The number of benzene rings is 1. The fourth-order valence-corrected chi connectivity index (χ4v) is 2.37. The fraction of sp³-hybridized carbons (Fsp3) is 0.467. The maximum Gasteiger partial charge on any atom is 0.269 e. The Morgan fingerprint density at radius 1 is 1.05 bits per heavy atom. The maximum atomic E-state index is 11.3. The molecule has 0 atom stereocenters. The van der Waals surface area contributed by atoms with Crippen molar-refractivity contribution in [3.63, 3.8) is 0 Å². The molecule has 1 aliphatic rings. The van der Waals surface area contributed by atoms with E-state index in [-0.39, 0.29) is 0 Å². The predicted octanol–water partition coefficient (Wildman–Crippen LogP) is 0.209. The molecule has 0 N–H and O–H groups in total. The van der Waals surface area contributed by atoms with Gasteiger partial charge in [0.2, 0.25) is 0 Å². The summed E-state index contributed by atoms with van der Waals surface area (Å²) in [5.74, 6) is -2.04. The molecule has 5 heteroatoms. The second kappa shape index (κ2) is 5.94. The smallest absolute Gasteiger partial charge is 0.269 e. The summed E-state index contributed by atoms with van der Waals surface area (Å²) in [6, 6.07) is 8.37. The Morgan fingerprint density at radius 2 is 1.60 bits per heavy atom. The van der Waals surface area contributed by atoms with Gasteiger partial charge in [-0.1, -0.05) is 26.0 Å². The van der Waals surface area contributed by atoms with Crippen LogP contribution in [-0.2, 0) is 9.59 Å². The summed E-state index contributed by atoms with van der Waals surface area (Å²) in [5, 5.41) is 10.5. The van der Waals surface area contributed by atoms with Gasteiger partial charge in [0.1, 0.15) is 5.97 Å². The topological polar surface area (TPSA) is 63.7 Å². The number of anilines is 1. The van der Waals surface area contributed by atoms with Crippen LogP contribution in [0.3, 0.4) is 0 Å². The van der Waals surface area contributed by atoms with Crippen molar-refractivity contribution in [1.29, 1.82) is 0 Å². The second-order valence-electron chi connectivity index (χ2n) is 5.31. The van der Waals surface area contributed by atoms with Crippen LogP contribution in [0, 0.1) is 0 Å². The second-order valence-corrected chi connectivity index (χ2v) is 5.31. The molecule has 108 valence electrons. The molecule has 20 heavy (non-hydrogen) atoms. The van der Waals surface area contributed by atoms with Gasteiger partial charge < -0.3 is 19.7 Å². The number of carbonyl (C=O) groups is 2. The third-order valence-electron chi connectivity index (χ3n) is 3.67. The van der Waals surface area contributed by atoms with E-state index in [1.54, 1.807) is 0 Å². The van der Waals surface area contributed by atoms with Crippen molar-refractivity contribution < 1.29 is 14.7 Å². The van der Waals surface area contributed by atoms with E-state index >= 15 is 0 Å². The molecular weight excluding hydrogens is 256 g/mol. The van der Waals surface area contributed by atoms with E-state index in [4.69, 9.17) is 0 Å². The first-order valence-corrected chi connectivity index (χ1v) is 6.84. The molecule has 2 rings (SSSR count). The molecule has 5 nitrogen and oxygen atoms in total. The number of nitrogens with zero attached hydrogens (tertiary/aromatic N) is 2.